The molecule has 238 valence electrons. The average molecular weight is 649 g/mol. The minimum absolute atomic E-state index is 0.236. The maximum Gasteiger partial charge on any atom is 0.338 e. The first-order chi connectivity index (χ1) is 22.8. The Morgan fingerprint density at radius 1 is 0.936 bits per heavy atom. The van der Waals surface area contributed by atoms with Crippen molar-refractivity contribution in [3.63, 3.8) is 0 Å². The predicted molar refractivity (Wildman–Crippen MR) is 178 cm³/mol. The zero-order chi connectivity index (χ0) is 33.1. The van der Waals surface area contributed by atoms with Crippen molar-refractivity contribution >= 4 is 29.4 Å². The Morgan fingerprint density at radius 2 is 1.64 bits per heavy atom. The van der Waals surface area contributed by atoms with Crippen molar-refractivity contribution in [1.29, 1.82) is 0 Å². The van der Waals surface area contributed by atoms with Gasteiger partial charge in [0.1, 0.15) is 11.4 Å². The Labute approximate surface area is 274 Å². The molecule has 3 aromatic carbocycles. The van der Waals surface area contributed by atoms with E-state index in [1.54, 1.807) is 35.9 Å². The van der Waals surface area contributed by atoms with E-state index < -0.39 is 18.0 Å². The number of rotatable bonds is 9. The molecule has 3 heterocycles. The summed E-state index contributed by atoms with van der Waals surface area (Å²) in [5.74, 6) is -0.319. The molecule has 0 fully saturated rings. The Balaban J connectivity index is 1.51. The van der Waals surface area contributed by atoms with Crippen LogP contribution in [0.15, 0.2) is 106 Å². The summed E-state index contributed by atoms with van der Waals surface area (Å²) in [6.07, 6.45) is 4.60. The fraction of sp³-hybridized carbons (Fsp3) is 0.194. The summed E-state index contributed by atoms with van der Waals surface area (Å²) in [4.78, 5) is 44.5. The first-order valence-corrected chi connectivity index (χ1v) is 15.8. The summed E-state index contributed by atoms with van der Waals surface area (Å²) < 4.78 is 19.4. The van der Waals surface area contributed by atoms with Gasteiger partial charge in [-0.1, -0.05) is 48.6 Å². The van der Waals surface area contributed by atoms with Gasteiger partial charge in [0.05, 0.1) is 53.9 Å². The molecule has 1 aliphatic heterocycles. The topological polar surface area (TPSA) is 114 Å². The van der Waals surface area contributed by atoms with Crippen LogP contribution >= 0.6 is 11.3 Å². The highest BCUT2D eigenvalue weighted by Gasteiger charge is 2.33. The number of benzene rings is 3. The number of allylic oxidation sites excluding steroid dienone is 1. The predicted octanol–water partition coefficient (Wildman–Crippen LogP) is 4.84. The molecule has 0 saturated heterocycles. The van der Waals surface area contributed by atoms with E-state index in [1.807, 2.05) is 66.9 Å². The molecule has 0 aliphatic carbocycles. The molecule has 6 rings (SSSR count). The second kappa shape index (κ2) is 13.4. The van der Waals surface area contributed by atoms with Gasteiger partial charge in [-0.15, -0.1) is 0 Å². The summed E-state index contributed by atoms with van der Waals surface area (Å²) in [5.41, 5.74) is 4.44. The fourth-order valence-electron chi connectivity index (χ4n) is 5.43. The molecule has 0 bridgehead atoms. The number of thiazole rings is 1. The zero-order valence-corrected chi connectivity index (χ0v) is 27.1. The van der Waals surface area contributed by atoms with E-state index in [4.69, 9.17) is 19.3 Å². The summed E-state index contributed by atoms with van der Waals surface area (Å²) >= 11 is 1.22. The highest BCUT2D eigenvalue weighted by Crippen LogP contribution is 2.31. The van der Waals surface area contributed by atoms with E-state index in [0.717, 1.165) is 29.0 Å². The van der Waals surface area contributed by atoms with Gasteiger partial charge in [-0.05, 0) is 73.5 Å². The lowest BCUT2D eigenvalue weighted by Crippen LogP contribution is -2.39. The maximum atomic E-state index is 14.2. The lowest BCUT2D eigenvalue weighted by atomic mass is 9.95. The van der Waals surface area contributed by atoms with Crippen molar-refractivity contribution in [2.75, 3.05) is 20.8 Å². The molecule has 0 spiro atoms. The van der Waals surface area contributed by atoms with Crippen molar-refractivity contribution in [3.05, 3.63) is 133 Å². The quantitative estimate of drug-likeness (QED) is 0.210. The van der Waals surface area contributed by atoms with Crippen molar-refractivity contribution in [3.8, 4) is 22.7 Å². The highest BCUT2D eigenvalue weighted by molar-refractivity contribution is 7.07. The Bertz CT molecular complexity index is 2160. The van der Waals surface area contributed by atoms with Crippen LogP contribution in [0.3, 0.4) is 0 Å². The van der Waals surface area contributed by atoms with E-state index >= 15 is 0 Å². The van der Waals surface area contributed by atoms with Gasteiger partial charge in [0.25, 0.3) is 5.56 Å². The third-order valence-electron chi connectivity index (χ3n) is 7.72. The van der Waals surface area contributed by atoms with Gasteiger partial charge in [-0.3, -0.25) is 9.36 Å². The number of carbonyl (C=O) groups excluding carboxylic acids is 2. The number of esters is 2. The zero-order valence-electron chi connectivity index (χ0n) is 26.3. The summed E-state index contributed by atoms with van der Waals surface area (Å²) in [6, 6.07) is 23.2. The third kappa shape index (κ3) is 6.17. The lowest BCUT2D eigenvalue weighted by Gasteiger charge is -2.24. The maximum absolute atomic E-state index is 14.2. The smallest absolute Gasteiger partial charge is 0.338 e. The van der Waals surface area contributed by atoms with Crippen LogP contribution in [0.5, 0.6) is 5.75 Å². The number of para-hydroxylation sites is 1. The third-order valence-corrected chi connectivity index (χ3v) is 8.71. The summed E-state index contributed by atoms with van der Waals surface area (Å²) in [7, 11) is 2.60. The van der Waals surface area contributed by atoms with Gasteiger partial charge in [-0.25, -0.2) is 19.3 Å². The van der Waals surface area contributed by atoms with Crippen LogP contribution in [-0.2, 0) is 14.3 Å². The van der Waals surface area contributed by atoms with Gasteiger partial charge in [0, 0.05) is 17.3 Å². The molecule has 1 aliphatic rings. The van der Waals surface area contributed by atoms with Gasteiger partial charge in [-0.2, -0.15) is 5.10 Å². The Hall–Kier alpha value is -5.55. The van der Waals surface area contributed by atoms with E-state index in [1.165, 1.54) is 30.1 Å². The molecule has 2 aromatic heterocycles. The first-order valence-electron chi connectivity index (χ1n) is 15.0. The standard InChI is InChI=1S/C36H32N4O6S/c1-5-19-46-28-17-15-23(16-18-28)31-26(21-39(38-31)27-9-7-6-8-10-27)20-29-33(41)40-32(24-11-13-25(14-12-24)34(42)44-3)30(35(43)45-4)22(2)37-36(40)47-29/h6-18,20-21,32H,5,19H2,1-4H3. The second-order valence-electron chi connectivity index (χ2n) is 10.8. The van der Waals surface area contributed by atoms with Gasteiger partial charge < -0.3 is 14.2 Å². The largest absolute Gasteiger partial charge is 0.494 e. The fourth-order valence-corrected chi connectivity index (χ4v) is 6.47. The summed E-state index contributed by atoms with van der Waals surface area (Å²) in [5, 5.41) is 4.91. The first kappa shape index (κ1) is 31.4. The molecular formula is C36H32N4O6S. The van der Waals surface area contributed by atoms with Crippen molar-refractivity contribution < 1.29 is 23.8 Å². The Kier molecular flexibility index (Phi) is 8.99. The number of hydrogen-bond donors (Lipinski definition) is 0. The average Bonchev–Trinajstić information content (AvgIpc) is 3.67. The van der Waals surface area contributed by atoms with Crippen LogP contribution in [0, 0.1) is 0 Å². The minimum atomic E-state index is -0.824. The van der Waals surface area contributed by atoms with Crippen LogP contribution in [-0.4, -0.2) is 47.1 Å². The SMILES string of the molecule is CCCOc1ccc(-c2nn(-c3ccccc3)cc2C=c2sc3n(c2=O)C(c2ccc(C(=O)OC)cc2)C(C(=O)OC)=C(C)N=3)cc1. The molecule has 0 saturated carbocycles. The number of hydrogen-bond acceptors (Lipinski definition) is 9. The van der Waals surface area contributed by atoms with Crippen LogP contribution in [0.1, 0.15) is 47.8 Å². The van der Waals surface area contributed by atoms with Crippen molar-refractivity contribution in [2.24, 2.45) is 4.99 Å². The lowest BCUT2D eigenvalue weighted by molar-refractivity contribution is -0.136. The minimum Gasteiger partial charge on any atom is -0.494 e. The van der Waals surface area contributed by atoms with Crippen LogP contribution in [0.4, 0.5) is 0 Å². The molecule has 1 unspecified atom stereocenters. The van der Waals surface area contributed by atoms with Gasteiger partial charge >= 0.3 is 11.9 Å². The number of fused-ring (bicyclic) bond motifs is 1. The molecule has 0 amide bonds. The molecule has 11 heteroatoms. The van der Waals surface area contributed by atoms with Crippen molar-refractivity contribution in [1.82, 2.24) is 14.3 Å². The van der Waals surface area contributed by atoms with E-state index in [2.05, 4.69) is 11.9 Å². The van der Waals surface area contributed by atoms with Crippen molar-refractivity contribution in [2.45, 2.75) is 26.3 Å². The number of methoxy groups -OCH3 is 2. The molecule has 1 atom stereocenters. The number of aromatic nitrogens is 3. The Morgan fingerprint density at radius 3 is 2.30 bits per heavy atom. The van der Waals surface area contributed by atoms with Gasteiger partial charge in [0.2, 0.25) is 0 Å². The van der Waals surface area contributed by atoms with E-state index in [0.29, 0.717) is 38.5 Å². The monoisotopic (exact) mass is 648 g/mol. The van der Waals surface area contributed by atoms with Gasteiger partial charge in [0.15, 0.2) is 4.80 Å². The van der Waals surface area contributed by atoms with Crippen LogP contribution in [0.2, 0.25) is 0 Å². The number of carbonyl (C=O) groups is 2. The normalized spacial score (nSPS) is 14.4. The highest BCUT2D eigenvalue weighted by atomic mass is 32.1. The van der Waals surface area contributed by atoms with E-state index in [9.17, 15) is 14.4 Å². The summed E-state index contributed by atoms with van der Waals surface area (Å²) in [6.45, 7) is 4.40. The molecule has 0 N–H and O–H groups in total. The second-order valence-corrected chi connectivity index (χ2v) is 11.8. The molecular weight excluding hydrogens is 616 g/mol. The molecule has 5 aromatic rings. The molecule has 0 radical (unpaired) electrons. The van der Waals surface area contributed by atoms with Crippen LogP contribution in [0.25, 0.3) is 23.0 Å². The van der Waals surface area contributed by atoms with E-state index in [-0.39, 0.29) is 11.1 Å². The molecule has 10 nitrogen and oxygen atoms in total. The van der Waals surface area contributed by atoms with Crippen LogP contribution < -0.4 is 19.6 Å². The number of nitrogens with zero attached hydrogens (tertiary/aromatic N) is 4. The molecule has 47 heavy (non-hydrogen) atoms. The number of ether oxygens (including phenoxy) is 3.